The lowest BCUT2D eigenvalue weighted by atomic mass is 10.2. The zero-order valence-electron chi connectivity index (χ0n) is 14.4. The zero-order valence-corrected chi connectivity index (χ0v) is 15.1. The molecular weight excluding hydrogens is 366 g/mol. The lowest BCUT2D eigenvalue weighted by Gasteiger charge is -2.08. The normalized spacial score (nSPS) is 10.1. The molecule has 0 saturated heterocycles. The molecule has 3 rings (SSSR count). The molecule has 0 saturated carbocycles. The summed E-state index contributed by atoms with van der Waals surface area (Å²) in [5, 5.41) is 16.9. The highest BCUT2D eigenvalue weighted by Crippen LogP contribution is 2.23. The topological polar surface area (TPSA) is 96.0 Å². The second kappa shape index (κ2) is 8.29. The van der Waals surface area contributed by atoms with Crippen molar-refractivity contribution < 1.29 is 9.59 Å². The average Bonchev–Trinajstić information content (AvgIpc) is 2.65. The molecule has 136 valence electrons. The van der Waals surface area contributed by atoms with Gasteiger partial charge in [-0.15, -0.1) is 10.2 Å². The summed E-state index contributed by atoms with van der Waals surface area (Å²) in [6, 6.07) is 17.2. The number of carbonyl (C=O) groups excluding carboxylic acids is 2. The first-order valence-corrected chi connectivity index (χ1v) is 8.43. The van der Waals surface area contributed by atoms with Gasteiger partial charge in [-0.3, -0.25) is 9.59 Å². The first kappa shape index (κ1) is 18.3. The summed E-state index contributed by atoms with van der Waals surface area (Å²) >= 11 is 6.09. The van der Waals surface area contributed by atoms with Gasteiger partial charge in [-0.2, -0.15) is 0 Å². The van der Waals surface area contributed by atoms with Crippen molar-refractivity contribution in [3.63, 3.8) is 0 Å². The van der Waals surface area contributed by atoms with Crippen LogP contribution in [0.15, 0.2) is 60.7 Å². The Bertz CT molecular complexity index is 959. The smallest absolute Gasteiger partial charge is 0.276 e. The first-order valence-electron chi connectivity index (χ1n) is 8.05. The largest absolute Gasteiger partial charge is 0.338 e. The summed E-state index contributed by atoms with van der Waals surface area (Å²) in [5.74, 6) is -0.0778. The van der Waals surface area contributed by atoms with Crippen LogP contribution in [0.4, 0.5) is 22.9 Å². The SMILES string of the molecule is CC(=O)Nc1ccc(NC(=O)c2ccc(Nc3ccccc3Cl)nn2)cc1. The van der Waals surface area contributed by atoms with Crippen LogP contribution in [-0.2, 0) is 4.79 Å². The average molecular weight is 382 g/mol. The molecule has 0 aliphatic heterocycles. The molecule has 3 N–H and O–H groups in total. The van der Waals surface area contributed by atoms with Crippen LogP contribution in [0.1, 0.15) is 17.4 Å². The second-order valence-corrected chi connectivity index (χ2v) is 6.03. The number of hydrogen-bond acceptors (Lipinski definition) is 5. The fraction of sp³-hybridized carbons (Fsp3) is 0.0526. The lowest BCUT2D eigenvalue weighted by Crippen LogP contribution is -2.14. The molecule has 2 amide bonds. The summed E-state index contributed by atoms with van der Waals surface area (Å²) in [6.45, 7) is 1.43. The third-order valence-electron chi connectivity index (χ3n) is 3.50. The van der Waals surface area contributed by atoms with Crippen molar-refractivity contribution in [1.82, 2.24) is 10.2 Å². The highest BCUT2D eigenvalue weighted by molar-refractivity contribution is 6.33. The second-order valence-electron chi connectivity index (χ2n) is 5.62. The van der Waals surface area contributed by atoms with Gasteiger partial charge in [0.25, 0.3) is 5.91 Å². The Morgan fingerprint density at radius 1 is 0.852 bits per heavy atom. The molecule has 0 radical (unpaired) electrons. The number of para-hydroxylation sites is 1. The molecule has 7 nitrogen and oxygen atoms in total. The Labute approximate surface area is 160 Å². The fourth-order valence-electron chi connectivity index (χ4n) is 2.26. The van der Waals surface area contributed by atoms with Crippen LogP contribution in [0.25, 0.3) is 0 Å². The number of nitrogens with one attached hydrogen (secondary N) is 3. The van der Waals surface area contributed by atoms with Crippen LogP contribution in [0, 0.1) is 0 Å². The standard InChI is InChI=1S/C19H16ClN5O2/c1-12(26)21-13-6-8-14(9-7-13)22-19(27)17-10-11-18(25-24-17)23-16-5-3-2-4-15(16)20/h2-11H,1H3,(H,21,26)(H,22,27)(H,23,25). The van der Waals surface area contributed by atoms with E-state index in [0.29, 0.717) is 27.9 Å². The van der Waals surface area contributed by atoms with Crippen molar-refractivity contribution in [2.45, 2.75) is 6.92 Å². The minimum Gasteiger partial charge on any atom is -0.338 e. The van der Waals surface area contributed by atoms with Gasteiger partial charge in [0.15, 0.2) is 11.5 Å². The van der Waals surface area contributed by atoms with Crippen LogP contribution in [0.2, 0.25) is 5.02 Å². The van der Waals surface area contributed by atoms with Gasteiger partial charge in [0.1, 0.15) is 0 Å². The summed E-state index contributed by atoms with van der Waals surface area (Å²) in [5.41, 5.74) is 2.10. The molecule has 0 fully saturated rings. The number of amides is 2. The predicted molar refractivity (Wildman–Crippen MR) is 105 cm³/mol. The molecule has 0 aliphatic rings. The van der Waals surface area contributed by atoms with Gasteiger partial charge in [-0.05, 0) is 48.5 Å². The van der Waals surface area contributed by atoms with E-state index in [1.165, 1.54) is 6.92 Å². The van der Waals surface area contributed by atoms with Gasteiger partial charge < -0.3 is 16.0 Å². The molecule has 1 heterocycles. The molecule has 0 spiro atoms. The van der Waals surface area contributed by atoms with E-state index >= 15 is 0 Å². The number of aromatic nitrogens is 2. The Morgan fingerprint density at radius 2 is 1.52 bits per heavy atom. The highest BCUT2D eigenvalue weighted by atomic mass is 35.5. The van der Waals surface area contributed by atoms with Gasteiger partial charge in [0.2, 0.25) is 5.91 Å². The molecule has 27 heavy (non-hydrogen) atoms. The van der Waals surface area contributed by atoms with Crippen LogP contribution in [0.5, 0.6) is 0 Å². The number of rotatable bonds is 5. The molecule has 0 atom stereocenters. The van der Waals surface area contributed by atoms with E-state index < -0.39 is 0 Å². The van der Waals surface area contributed by atoms with Crippen molar-refractivity contribution in [3.05, 3.63) is 71.4 Å². The van der Waals surface area contributed by atoms with Crippen LogP contribution in [0.3, 0.4) is 0 Å². The number of benzene rings is 2. The summed E-state index contributed by atoms with van der Waals surface area (Å²) < 4.78 is 0. The van der Waals surface area contributed by atoms with E-state index in [1.807, 2.05) is 18.2 Å². The molecular formula is C19H16ClN5O2. The molecule has 3 aromatic rings. The van der Waals surface area contributed by atoms with Crippen LogP contribution in [-0.4, -0.2) is 22.0 Å². The van der Waals surface area contributed by atoms with E-state index in [0.717, 1.165) is 0 Å². The summed E-state index contributed by atoms with van der Waals surface area (Å²) in [7, 11) is 0. The number of anilines is 4. The molecule has 0 aliphatic carbocycles. The molecule has 8 heteroatoms. The molecule has 1 aromatic heterocycles. The quantitative estimate of drug-likeness (QED) is 0.618. The maximum Gasteiger partial charge on any atom is 0.276 e. The number of halogens is 1. The van der Waals surface area contributed by atoms with E-state index in [9.17, 15) is 9.59 Å². The fourth-order valence-corrected chi connectivity index (χ4v) is 2.44. The Kier molecular flexibility index (Phi) is 5.63. The van der Waals surface area contributed by atoms with Gasteiger partial charge in [0.05, 0.1) is 10.7 Å². The number of carbonyl (C=O) groups is 2. The van der Waals surface area contributed by atoms with Crippen molar-refractivity contribution in [1.29, 1.82) is 0 Å². The van der Waals surface area contributed by atoms with Crippen LogP contribution >= 0.6 is 11.6 Å². The van der Waals surface area contributed by atoms with Crippen molar-refractivity contribution in [3.8, 4) is 0 Å². The van der Waals surface area contributed by atoms with Crippen LogP contribution < -0.4 is 16.0 Å². The maximum absolute atomic E-state index is 12.3. The summed E-state index contributed by atoms with van der Waals surface area (Å²) in [4.78, 5) is 23.3. The van der Waals surface area contributed by atoms with E-state index in [1.54, 1.807) is 42.5 Å². The van der Waals surface area contributed by atoms with E-state index in [2.05, 4.69) is 26.1 Å². The Balaban J connectivity index is 1.63. The van der Waals surface area contributed by atoms with Crippen molar-refractivity contribution >= 4 is 46.3 Å². The monoisotopic (exact) mass is 381 g/mol. The molecule has 2 aromatic carbocycles. The maximum atomic E-state index is 12.3. The third kappa shape index (κ3) is 5.02. The van der Waals surface area contributed by atoms with E-state index in [-0.39, 0.29) is 17.5 Å². The zero-order chi connectivity index (χ0) is 19.2. The minimum absolute atomic E-state index is 0.160. The predicted octanol–water partition coefficient (Wildman–Crippen LogP) is 4.08. The van der Waals surface area contributed by atoms with Gasteiger partial charge in [-0.1, -0.05) is 23.7 Å². The third-order valence-corrected chi connectivity index (χ3v) is 3.83. The Hall–Kier alpha value is -3.45. The van der Waals surface area contributed by atoms with E-state index in [4.69, 9.17) is 11.6 Å². The molecule has 0 bridgehead atoms. The summed E-state index contributed by atoms with van der Waals surface area (Å²) in [6.07, 6.45) is 0. The molecule has 0 unspecified atom stereocenters. The van der Waals surface area contributed by atoms with Gasteiger partial charge in [0, 0.05) is 18.3 Å². The number of nitrogens with zero attached hydrogens (tertiary/aromatic N) is 2. The van der Waals surface area contributed by atoms with Gasteiger partial charge >= 0.3 is 0 Å². The van der Waals surface area contributed by atoms with Gasteiger partial charge in [-0.25, -0.2) is 0 Å². The minimum atomic E-state index is -0.390. The number of hydrogen-bond donors (Lipinski definition) is 3. The van der Waals surface area contributed by atoms with Crippen molar-refractivity contribution in [2.75, 3.05) is 16.0 Å². The van der Waals surface area contributed by atoms with Crippen molar-refractivity contribution in [2.24, 2.45) is 0 Å². The Morgan fingerprint density at radius 3 is 2.11 bits per heavy atom. The first-order chi connectivity index (χ1) is 13.0. The lowest BCUT2D eigenvalue weighted by molar-refractivity contribution is -0.114. The highest BCUT2D eigenvalue weighted by Gasteiger charge is 2.09.